The molecule has 0 N–H and O–H groups in total. The largest absolute Gasteiger partial charge is 0.548 e. The molecule has 1 fully saturated rings. The fourth-order valence-electron chi connectivity index (χ4n) is 5.02. The van der Waals surface area contributed by atoms with Crippen molar-refractivity contribution in [1.82, 2.24) is 4.90 Å². The molecule has 0 radical (unpaired) electrons. The number of imide groups is 1. The van der Waals surface area contributed by atoms with Crippen LogP contribution in [0.2, 0.25) is 0 Å². The second kappa shape index (κ2) is 4.79. The highest BCUT2D eigenvalue weighted by atomic mass is 16.4. The van der Waals surface area contributed by atoms with Crippen molar-refractivity contribution in [2.75, 3.05) is 6.54 Å². The lowest BCUT2D eigenvalue weighted by molar-refractivity contribution is -0.305. The Hall–Kier alpha value is -2.95. The van der Waals surface area contributed by atoms with Gasteiger partial charge in [0.2, 0.25) is 11.8 Å². The first-order valence-electron chi connectivity index (χ1n) is 8.32. The molecule has 5 heteroatoms. The summed E-state index contributed by atoms with van der Waals surface area (Å²) in [5.41, 5.74) is 4.29. The van der Waals surface area contributed by atoms with Crippen molar-refractivity contribution in [2.24, 2.45) is 11.8 Å². The molecular formula is C20H14NO4-. The molecule has 25 heavy (non-hydrogen) atoms. The highest BCUT2D eigenvalue weighted by Crippen LogP contribution is 2.60. The minimum Gasteiger partial charge on any atom is -0.548 e. The van der Waals surface area contributed by atoms with Crippen molar-refractivity contribution in [3.63, 3.8) is 0 Å². The van der Waals surface area contributed by atoms with Gasteiger partial charge in [-0.15, -0.1) is 0 Å². The van der Waals surface area contributed by atoms with E-state index >= 15 is 0 Å². The molecule has 2 amide bonds. The second-order valence-electron chi connectivity index (χ2n) is 6.90. The number of benzene rings is 2. The van der Waals surface area contributed by atoms with E-state index in [0.29, 0.717) is 0 Å². The SMILES string of the molecule is O=C([O-])CN1C(=O)[C@@H]2C3c4ccccc4C(c4ccccc43)[C@H]2C1=O. The number of hydrogen-bond donors (Lipinski definition) is 0. The zero-order valence-electron chi connectivity index (χ0n) is 13.2. The van der Waals surface area contributed by atoms with Crippen LogP contribution in [-0.2, 0) is 14.4 Å². The average molecular weight is 332 g/mol. The maximum atomic E-state index is 12.9. The van der Waals surface area contributed by atoms with Gasteiger partial charge in [-0.2, -0.15) is 0 Å². The Morgan fingerprint density at radius 3 is 1.48 bits per heavy atom. The number of carbonyl (C=O) groups is 3. The monoisotopic (exact) mass is 332 g/mol. The fourth-order valence-corrected chi connectivity index (χ4v) is 5.02. The summed E-state index contributed by atoms with van der Waals surface area (Å²) in [4.78, 5) is 37.7. The smallest absolute Gasteiger partial charge is 0.234 e. The van der Waals surface area contributed by atoms with Crippen LogP contribution in [0.4, 0.5) is 0 Å². The number of likely N-dealkylation sites (tertiary alicyclic amines) is 1. The topological polar surface area (TPSA) is 77.5 Å². The van der Waals surface area contributed by atoms with Crippen molar-refractivity contribution in [1.29, 1.82) is 0 Å². The van der Waals surface area contributed by atoms with Gasteiger partial charge in [-0.3, -0.25) is 14.5 Å². The molecule has 124 valence electrons. The standard InChI is InChI=1S/C20H15NO4/c22-14(23)9-21-19(24)17-15-10-5-1-2-6-11(10)16(18(17)20(21)25)13-8-4-3-7-12(13)15/h1-8,15-18H,9H2,(H,22,23)/p-1/t15?,16?,17-,18-/m1/s1. The van der Waals surface area contributed by atoms with Crippen LogP contribution < -0.4 is 5.11 Å². The van der Waals surface area contributed by atoms with Gasteiger partial charge in [0.25, 0.3) is 0 Å². The summed E-state index contributed by atoms with van der Waals surface area (Å²) >= 11 is 0. The summed E-state index contributed by atoms with van der Waals surface area (Å²) < 4.78 is 0. The minimum atomic E-state index is -1.41. The summed E-state index contributed by atoms with van der Waals surface area (Å²) in [5, 5.41) is 11.0. The maximum absolute atomic E-state index is 12.9. The van der Waals surface area contributed by atoms with Crippen LogP contribution in [0, 0.1) is 11.8 Å². The molecule has 1 aliphatic heterocycles. The van der Waals surface area contributed by atoms with Crippen molar-refractivity contribution < 1.29 is 19.5 Å². The quantitative estimate of drug-likeness (QED) is 0.756. The number of carboxylic acid groups (broad SMARTS) is 1. The number of amides is 2. The average Bonchev–Trinajstić information content (AvgIpc) is 2.87. The van der Waals surface area contributed by atoms with Gasteiger partial charge in [-0.25, -0.2) is 0 Å². The number of carbonyl (C=O) groups excluding carboxylic acids is 3. The van der Waals surface area contributed by atoms with Gasteiger partial charge in [-0.1, -0.05) is 48.5 Å². The molecule has 0 unspecified atom stereocenters. The number of carboxylic acids is 1. The maximum Gasteiger partial charge on any atom is 0.234 e. The molecule has 2 atom stereocenters. The Balaban J connectivity index is 1.74. The number of aliphatic carboxylic acids is 1. The van der Waals surface area contributed by atoms with Gasteiger partial charge in [0.05, 0.1) is 24.3 Å². The van der Waals surface area contributed by atoms with Crippen LogP contribution in [0.15, 0.2) is 48.5 Å². The van der Waals surface area contributed by atoms with E-state index in [1.165, 1.54) is 0 Å². The summed E-state index contributed by atoms with van der Waals surface area (Å²) in [6.07, 6.45) is 0. The third kappa shape index (κ3) is 1.70. The summed E-state index contributed by atoms with van der Waals surface area (Å²) in [6, 6.07) is 15.8. The Kier molecular flexibility index (Phi) is 2.76. The van der Waals surface area contributed by atoms with Crippen molar-refractivity contribution >= 4 is 17.8 Å². The molecule has 5 nitrogen and oxygen atoms in total. The highest BCUT2D eigenvalue weighted by molar-refractivity contribution is 6.09. The molecule has 1 saturated heterocycles. The zero-order chi connectivity index (χ0) is 17.3. The highest BCUT2D eigenvalue weighted by Gasteiger charge is 2.61. The molecule has 0 aromatic heterocycles. The molecule has 0 spiro atoms. The van der Waals surface area contributed by atoms with Gasteiger partial charge in [-0.05, 0) is 22.3 Å². The molecule has 6 rings (SSSR count). The first-order chi connectivity index (χ1) is 12.1. The van der Waals surface area contributed by atoms with Gasteiger partial charge < -0.3 is 9.90 Å². The van der Waals surface area contributed by atoms with E-state index in [0.717, 1.165) is 27.2 Å². The van der Waals surface area contributed by atoms with Crippen LogP contribution in [0.3, 0.4) is 0 Å². The van der Waals surface area contributed by atoms with E-state index in [2.05, 4.69) is 0 Å². The Morgan fingerprint density at radius 2 is 1.16 bits per heavy atom. The first-order valence-corrected chi connectivity index (χ1v) is 8.32. The molecule has 2 aromatic rings. The molecule has 4 aliphatic rings. The number of nitrogens with zero attached hydrogens (tertiary/aromatic N) is 1. The fraction of sp³-hybridized carbons (Fsp3) is 0.250. The lowest BCUT2D eigenvalue weighted by atomic mass is 9.55. The van der Waals surface area contributed by atoms with Crippen LogP contribution in [0.25, 0.3) is 0 Å². The summed E-state index contributed by atoms with van der Waals surface area (Å²) in [5.74, 6) is -3.65. The van der Waals surface area contributed by atoms with E-state index in [1.54, 1.807) is 0 Å². The Morgan fingerprint density at radius 1 is 0.800 bits per heavy atom. The van der Waals surface area contributed by atoms with Gasteiger partial charge in [0.15, 0.2) is 0 Å². The number of rotatable bonds is 2. The Bertz CT molecular complexity index is 835. The normalized spacial score (nSPS) is 28.6. The second-order valence-corrected chi connectivity index (χ2v) is 6.90. The summed E-state index contributed by atoms with van der Waals surface area (Å²) in [6.45, 7) is -0.670. The van der Waals surface area contributed by atoms with Crippen LogP contribution in [-0.4, -0.2) is 29.2 Å². The third-order valence-electron chi connectivity index (χ3n) is 5.83. The zero-order valence-corrected chi connectivity index (χ0v) is 13.2. The van der Waals surface area contributed by atoms with E-state index < -0.39 is 36.2 Å². The van der Waals surface area contributed by atoms with E-state index in [9.17, 15) is 19.5 Å². The van der Waals surface area contributed by atoms with Crippen molar-refractivity contribution in [3.8, 4) is 0 Å². The lowest BCUT2D eigenvalue weighted by Gasteiger charge is -2.45. The molecule has 2 aromatic carbocycles. The van der Waals surface area contributed by atoms with E-state index in [4.69, 9.17) is 0 Å². The van der Waals surface area contributed by atoms with Crippen LogP contribution in [0.5, 0.6) is 0 Å². The lowest BCUT2D eigenvalue weighted by Crippen LogP contribution is -2.42. The number of hydrogen-bond acceptors (Lipinski definition) is 4. The Labute approximate surface area is 143 Å². The third-order valence-corrected chi connectivity index (χ3v) is 5.83. The molecular weight excluding hydrogens is 318 g/mol. The van der Waals surface area contributed by atoms with Crippen molar-refractivity contribution in [2.45, 2.75) is 11.8 Å². The molecule has 0 saturated carbocycles. The minimum absolute atomic E-state index is 0.203. The van der Waals surface area contributed by atoms with Gasteiger partial charge >= 0.3 is 0 Å². The van der Waals surface area contributed by atoms with E-state index in [-0.39, 0.29) is 11.8 Å². The van der Waals surface area contributed by atoms with Crippen molar-refractivity contribution in [3.05, 3.63) is 70.8 Å². The first kappa shape index (κ1) is 14.4. The van der Waals surface area contributed by atoms with Gasteiger partial charge in [0.1, 0.15) is 0 Å². The predicted octanol–water partition coefficient (Wildman–Crippen LogP) is 0.628. The van der Waals surface area contributed by atoms with Crippen LogP contribution >= 0.6 is 0 Å². The van der Waals surface area contributed by atoms with Crippen LogP contribution in [0.1, 0.15) is 34.1 Å². The molecule has 1 heterocycles. The predicted molar refractivity (Wildman–Crippen MR) is 85.3 cm³/mol. The molecule has 3 aliphatic carbocycles. The molecule has 2 bridgehead atoms. The summed E-state index contributed by atoms with van der Waals surface area (Å²) in [7, 11) is 0. The van der Waals surface area contributed by atoms with Gasteiger partial charge in [0, 0.05) is 11.8 Å². The van der Waals surface area contributed by atoms with E-state index in [1.807, 2.05) is 48.5 Å².